The van der Waals surface area contributed by atoms with E-state index in [4.69, 9.17) is 4.74 Å². The lowest BCUT2D eigenvalue weighted by atomic mass is 9.83. The summed E-state index contributed by atoms with van der Waals surface area (Å²) in [5.74, 6) is 0.460. The van der Waals surface area contributed by atoms with Gasteiger partial charge in [-0.1, -0.05) is 19.9 Å². The second-order valence-corrected chi connectivity index (χ2v) is 8.37. The molecule has 2 aliphatic rings. The number of hydrogen-bond acceptors (Lipinski definition) is 4. The van der Waals surface area contributed by atoms with E-state index in [2.05, 4.69) is 12.2 Å². The molecule has 1 N–H and O–H groups in total. The summed E-state index contributed by atoms with van der Waals surface area (Å²) in [5, 5.41) is 4.92. The number of carbonyl (C=O) groups excluding carboxylic acids is 2. The number of carbonyl (C=O) groups is 2. The Morgan fingerprint density at radius 1 is 1.44 bits per heavy atom. The van der Waals surface area contributed by atoms with Crippen molar-refractivity contribution in [2.45, 2.75) is 70.7 Å². The van der Waals surface area contributed by atoms with E-state index in [0.29, 0.717) is 10.8 Å². The van der Waals surface area contributed by atoms with Gasteiger partial charge in [0.05, 0.1) is 11.5 Å². The highest BCUT2D eigenvalue weighted by molar-refractivity contribution is 7.12. The zero-order chi connectivity index (χ0) is 18.0. The van der Waals surface area contributed by atoms with E-state index >= 15 is 0 Å². The molecule has 1 saturated heterocycles. The monoisotopic (exact) mass is 364 g/mol. The maximum Gasteiger partial charge on any atom is 0.266 e. The average molecular weight is 365 g/mol. The average Bonchev–Trinajstić information content (AvgIpc) is 3.25. The van der Waals surface area contributed by atoms with Gasteiger partial charge in [-0.3, -0.25) is 14.5 Å². The van der Waals surface area contributed by atoms with Crippen LogP contribution in [0.25, 0.3) is 0 Å². The van der Waals surface area contributed by atoms with Gasteiger partial charge >= 0.3 is 0 Å². The van der Waals surface area contributed by atoms with Crippen LogP contribution in [0, 0.1) is 5.92 Å². The lowest BCUT2D eigenvalue weighted by Crippen LogP contribution is -2.57. The molecule has 0 radical (unpaired) electrons. The summed E-state index contributed by atoms with van der Waals surface area (Å²) in [7, 11) is 0. The number of ether oxygens (including phenoxy) is 1. The molecular formula is C19H28N2O3S. The van der Waals surface area contributed by atoms with E-state index in [0.717, 1.165) is 32.1 Å². The van der Waals surface area contributed by atoms with Crippen molar-refractivity contribution in [3.63, 3.8) is 0 Å². The second kappa shape index (κ2) is 7.46. The molecule has 0 aromatic carbocycles. The van der Waals surface area contributed by atoms with E-state index in [1.807, 2.05) is 31.4 Å². The van der Waals surface area contributed by atoms with Crippen molar-refractivity contribution in [1.29, 1.82) is 0 Å². The first-order valence-electron chi connectivity index (χ1n) is 9.28. The van der Waals surface area contributed by atoms with E-state index in [9.17, 15) is 9.59 Å². The Morgan fingerprint density at radius 2 is 2.16 bits per heavy atom. The van der Waals surface area contributed by atoms with Crippen LogP contribution in [-0.2, 0) is 9.53 Å². The topological polar surface area (TPSA) is 58.6 Å². The molecule has 25 heavy (non-hydrogen) atoms. The summed E-state index contributed by atoms with van der Waals surface area (Å²) in [5.41, 5.74) is -0.620. The van der Waals surface area contributed by atoms with Crippen LogP contribution in [0.2, 0.25) is 0 Å². The third-order valence-corrected chi connectivity index (χ3v) is 6.43. The predicted molar refractivity (Wildman–Crippen MR) is 98.5 cm³/mol. The van der Waals surface area contributed by atoms with Gasteiger partial charge in [0.25, 0.3) is 5.91 Å². The SMILES string of the molecule is CC[C@H](C)NC(=O)[C@@H]1COC2(CCC(C)CC2)N1C(=O)c1cccs1. The van der Waals surface area contributed by atoms with Crippen LogP contribution in [0.1, 0.15) is 62.5 Å². The summed E-state index contributed by atoms with van der Waals surface area (Å²) >= 11 is 1.42. The molecule has 1 aromatic heterocycles. The largest absolute Gasteiger partial charge is 0.353 e. The number of nitrogens with one attached hydrogen (secondary N) is 1. The van der Waals surface area contributed by atoms with Crippen LogP contribution in [0.3, 0.4) is 0 Å². The molecule has 2 heterocycles. The summed E-state index contributed by atoms with van der Waals surface area (Å²) in [6.45, 7) is 6.54. The summed E-state index contributed by atoms with van der Waals surface area (Å²) < 4.78 is 6.16. The van der Waals surface area contributed by atoms with Crippen molar-refractivity contribution in [3.8, 4) is 0 Å². The smallest absolute Gasteiger partial charge is 0.266 e. The fourth-order valence-electron chi connectivity index (χ4n) is 3.74. The number of amides is 2. The van der Waals surface area contributed by atoms with Crippen LogP contribution in [0.5, 0.6) is 0 Å². The fraction of sp³-hybridized carbons (Fsp3) is 0.684. The maximum atomic E-state index is 13.2. The number of rotatable bonds is 4. The first kappa shape index (κ1) is 18.4. The van der Waals surface area contributed by atoms with Crippen molar-refractivity contribution in [2.75, 3.05) is 6.61 Å². The van der Waals surface area contributed by atoms with Gasteiger partial charge in [-0.15, -0.1) is 11.3 Å². The molecule has 0 bridgehead atoms. The van der Waals surface area contributed by atoms with Gasteiger partial charge < -0.3 is 10.1 Å². The van der Waals surface area contributed by atoms with Crippen molar-refractivity contribution in [2.24, 2.45) is 5.92 Å². The van der Waals surface area contributed by atoms with Crippen LogP contribution in [0.4, 0.5) is 0 Å². The Morgan fingerprint density at radius 3 is 2.76 bits per heavy atom. The minimum Gasteiger partial charge on any atom is -0.353 e. The Balaban J connectivity index is 1.87. The Labute approximate surface area is 153 Å². The van der Waals surface area contributed by atoms with Gasteiger partial charge in [-0.05, 0) is 56.4 Å². The standard InChI is InChI=1S/C19H28N2O3S/c1-4-14(3)20-17(22)15-12-24-19(9-7-13(2)8-10-19)21(15)18(23)16-6-5-11-25-16/h5-6,11,13-15H,4,7-10,12H2,1-3H3,(H,20,22)/t13?,14-,15-,19?/m0/s1. The third-order valence-electron chi connectivity index (χ3n) is 5.57. The molecule has 6 heteroatoms. The Bertz CT molecular complexity index is 608. The van der Waals surface area contributed by atoms with Gasteiger partial charge in [-0.25, -0.2) is 0 Å². The fourth-order valence-corrected chi connectivity index (χ4v) is 4.40. The van der Waals surface area contributed by atoms with Crippen molar-refractivity contribution in [3.05, 3.63) is 22.4 Å². The van der Waals surface area contributed by atoms with Crippen molar-refractivity contribution >= 4 is 23.2 Å². The Kier molecular flexibility index (Phi) is 5.49. The van der Waals surface area contributed by atoms with E-state index in [-0.39, 0.29) is 24.5 Å². The third kappa shape index (κ3) is 3.60. The lowest BCUT2D eigenvalue weighted by Gasteiger charge is -2.42. The molecule has 2 atom stereocenters. The Hall–Kier alpha value is -1.40. The molecule has 1 aliphatic heterocycles. The molecule has 1 spiro atoms. The zero-order valence-corrected chi connectivity index (χ0v) is 16.1. The minimum atomic E-state index is -0.620. The first-order chi connectivity index (χ1) is 12.0. The van der Waals surface area contributed by atoms with Gasteiger partial charge in [-0.2, -0.15) is 0 Å². The van der Waals surface area contributed by atoms with Crippen LogP contribution in [-0.4, -0.2) is 41.1 Å². The molecule has 3 rings (SSSR count). The highest BCUT2D eigenvalue weighted by Gasteiger charge is 2.53. The minimum absolute atomic E-state index is 0.0774. The molecule has 5 nitrogen and oxygen atoms in total. The number of thiophene rings is 1. The molecule has 2 fully saturated rings. The quantitative estimate of drug-likeness (QED) is 0.891. The van der Waals surface area contributed by atoms with Crippen LogP contribution in [0.15, 0.2) is 17.5 Å². The summed E-state index contributed by atoms with van der Waals surface area (Å²) in [6, 6.07) is 3.25. The molecule has 1 aromatic rings. The van der Waals surface area contributed by atoms with Gasteiger partial charge in [0.15, 0.2) is 0 Å². The molecule has 1 aliphatic carbocycles. The number of nitrogens with zero attached hydrogens (tertiary/aromatic N) is 1. The molecule has 0 unspecified atom stereocenters. The normalized spacial score (nSPS) is 30.4. The van der Waals surface area contributed by atoms with Gasteiger partial charge in [0, 0.05) is 6.04 Å². The van der Waals surface area contributed by atoms with Crippen molar-refractivity contribution < 1.29 is 14.3 Å². The molecule has 2 amide bonds. The highest BCUT2D eigenvalue weighted by atomic mass is 32.1. The summed E-state index contributed by atoms with van der Waals surface area (Å²) in [4.78, 5) is 28.4. The molecule has 138 valence electrons. The zero-order valence-electron chi connectivity index (χ0n) is 15.3. The maximum absolute atomic E-state index is 13.2. The van der Waals surface area contributed by atoms with Crippen LogP contribution < -0.4 is 5.32 Å². The van der Waals surface area contributed by atoms with E-state index < -0.39 is 11.8 Å². The first-order valence-corrected chi connectivity index (χ1v) is 10.2. The molecule has 1 saturated carbocycles. The van der Waals surface area contributed by atoms with E-state index in [1.165, 1.54) is 11.3 Å². The number of hydrogen-bond donors (Lipinski definition) is 1. The van der Waals surface area contributed by atoms with E-state index in [1.54, 1.807) is 4.90 Å². The van der Waals surface area contributed by atoms with Crippen LogP contribution >= 0.6 is 11.3 Å². The highest BCUT2D eigenvalue weighted by Crippen LogP contribution is 2.43. The molecular weight excluding hydrogens is 336 g/mol. The lowest BCUT2D eigenvalue weighted by molar-refractivity contribution is -0.128. The van der Waals surface area contributed by atoms with Gasteiger partial charge in [0.1, 0.15) is 11.8 Å². The predicted octanol–water partition coefficient (Wildman–Crippen LogP) is 3.41. The summed E-state index contributed by atoms with van der Waals surface area (Å²) in [6.07, 6.45) is 4.51. The second-order valence-electron chi connectivity index (χ2n) is 7.43. The van der Waals surface area contributed by atoms with Crippen molar-refractivity contribution in [1.82, 2.24) is 10.2 Å². The van der Waals surface area contributed by atoms with Gasteiger partial charge in [0.2, 0.25) is 5.91 Å².